The number of methoxy groups -OCH3 is 1. The lowest BCUT2D eigenvalue weighted by molar-refractivity contribution is -0.00570. The molecule has 0 heterocycles. The second kappa shape index (κ2) is 7.44. The smallest absolute Gasteiger partial charge is 0.188 e. The Morgan fingerprint density at radius 1 is 1.20 bits per heavy atom. The van der Waals surface area contributed by atoms with Crippen LogP contribution < -0.4 is 4.74 Å². The molecule has 1 aliphatic carbocycles. The van der Waals surface area contributed by atoms with Gasteiger partial charge in [0.2, 0.25) is 0 Å². The Morgan fingerprint density at radius 2 is 1.90 bits per heavy atom. The van der Waals surface area contributed by atoms with Crippen molar-refractivity contribution in [2.24, 2.45) is 5.92 Å². The van der Waals surface area contributed by atoms with E-state index in [1.54, 1.807) is 19.2 Å². The van der Waals surface area contributed by atoms with Crippen molar-refractivity contribution in [3.63, 3.8) is 0 Å². The molecule has 1 aromatic carbocycles. The summed E-state index contributed by atoms with van der Waals surface area (Å²) in [6, 6.07) is 7.21. The molecule has 3 nitrogen and oxygen atoms in total. The second-order valence-electron chi connectivity index (χ2n) is 5.45. The predicted molar refractivity (Wildman–Crippen MR) is 79.3 cm³/mol. The number of rotatable bonds is 6. The minimum atomic E-state index is 0.0491. The predicted octanol–water partition coefficient (Wildman–Crippen LogP) is 3.86. The van der Waals surface area contributed by atoms with Gasteiger partial charge in [-0.1, -0.05) is 26.2 Å². The zero-order chi connectivity index (χ0) is 14.4. The van der Waals surface area contributed by atoms with Crippen molar-refractivity contribution in [1.82, 2.24) is 0 Å². The highest BCUT2D eigenvalue weighted by Crippen LogP contribution is 2.29. The van der Waals surface area contributed by atoms with Crippen molar-refractivity contribution in [2.45, 2.75) is 45.1 Å². The van der Waals surface area contributed by atoms with Gasteiger partial charge in [0.15, 0.2) is 5.78 Å². The van der Waals surface area contributed by atoms with Crippen LogP contribution in [0.2, 0.25) is 0 Å². The van der Waals surface area contributed by atoms with E-state index in [4.69, 9.17) is 9.47 Å². The summed E-state index contributed by atoms with van der Waals surface area (Å²) < 4.78 is 11.0. The van der Waals surface area contributed by atoms with Crippen LogP contribution in [0.25, 0.3) is 0 Å². The zero-order valence-corrected chi connectivity index (χ0v) is 12.4. The molecular weight excluding hydrogens is 252 g/mol. The van der Waals surface area contributed by atoms with Crippen LogP contribution in [-0.2, 0) is 4.74 Å². The number of carbonyl (C=O) groups excluding carboxylic acids is 1. The van der Waals surface area contributed by atoms with Crippen LogP contribution in [-0.4, -0.2) is 25.6 Å². The van der Waals surface area contributed by atoms with Crippen molar-refractivity contribution in [1.29, 1.82) is 0 Å². The van der Waals surface area contributed by atoms with Gasteiger partial charge >= 0.3 is 0 Å². The van der Waals surface area contributed by atoms with Crippen LogP contribution in [0.5, 0.6) is 5.75 Å². The van der Waals surface area contributed by atoms with Crippen molar-refractivity contribution < 1.29 is 14.3 Å². The van der Waals surface area contributed by atoms with Gasteiger partial charge in [0.1, 0.15) is 12.4 Å². The van der Waals surface area contributed by atoms with Crippen molar-refractivity contribution in [3.05, 3.63) is 29.8 Å². The Balaban J connectivity index is 1.87. The van der Waals surface area contributed by atoms with Crippen molar-refractivity contribution >= 4 is 5.78 Å². The third-order valence-corrected chi connectivity index (χ3v) is 4.20. The third kappa shape index (κ3) is 3.83. The number of hydrogen-bond donors (Lipinski definition) is 0. The van der Waals surface area contributed by atoms with Gasteiger partial charge in [0.25, 0.3) is 0 Å². The first-order valence-electron chi connectivity index (χ1n) is 7.53. The Hall–Kier alpha value is -1.35. The van der Waals surface area contributed by atoms with E-state index in [2.05, 4.69) is 6.92 Å². The van der Waals surface area contributed by atoms with Crippen LogP contribution in [0.4, 0.5) is 0 Å². The minimum Gasteiger partial charge on any atom is -0.497 e. The summed E-state index contributed by atoms with van der Waals surface area (Å²) >= 11 is 0. The van der Waals surface area contributed by atoms with E-state index in [0.29, 0.717) is 11.5 Å². The Bertz CT molecular complexity index is 424. The fourth-order valence-corrected chi connectivity index (χ4v) is 2.90. The van der Waals surface area contributed by atoms with E-state index in [1.165, 1.54) is 19.3 Å². The fraction of sp³-hybridized carbons (Fsp3) is 0.588. The van der Waals surface area contributed by atoms with Gasteiger partial charge < -0.3 is 9.47 Å². The Morgan fingerprint density at radius 3 is 2.55 bits per heavy atom. The van der Waals surface area contributed by atoms with Crippen LogP contribution in [0.15, 0.2) is 24.3 Å². The lowest BCUT2D eigenvalue weighted by Gasteiger charge is -2.30. The average molecular weight is 276 g/mol. The van der Waals surface area contributed by atoms with Gasteiger partial charge in [0.05, 0.1) is 13.2 Å². The monoisotopic (exact) mass is 276 g/mol. The van der Waals surface area contributed by atoms with Crippen molar-refractivity contribution in [2.75, 3.05) is 13.7 Å². The van der Waals surface area contributed by atoms with Gasteiger partial charge in [-0.3, -0.25) is 4.79 Å². The highest BCUT2D eigenvalue weighted by atomic mass is 16.5. The molecule has 0 amide bonds. The molecule has 2 atom stereocenters. The summed E-state index contributed by atoms with van der Waals surface area (Å²) in [7, 11) is 1.62. The topological polar surface area (TPSA) is 35.5 Å². The SMILES string of the molecule is CCC1CCCCC1OCC(=O)c1ccc(OC)cc1. The molecule has 1 aromatic rings. The number of hydrogen-bond acceptors (Lipinski definition) is 3. The van der Waals surface area contributed by atoms with E-state index >= 15 is 0 Å². The van der Waals surface area contributed by atoms with E-state index in [0.717, 1.165) is 18.6 Å². The molecule has 1 fully saturated rings. The molecule has 0 radical (unpaired) electrons. The van der Waals surface area contributed by atoms with Crippen LogP contribution in [0.3, 0.4) is 0 Å². The lowest BCUT2D eigenvalue weighted by atomic mass is 9.85. The maximum Gasteiger partial charge on any atom is 0.188 e. The molecule has 0 bridgehead atoms. The Labute approximate surface area is 121 Å². The molecule has 0 spiro atoms. The van der Waals surface area contributed by atoms with E-state index in [1.807, 2.05) is 12.1 Å². The van der Waals surface area contributed by atoms with Gasteiger partial charge in [-0.2, -0.15) is 0 Å². The van der Waals surface area contributed by atoms with Gasteiger partial charge in [-0.25, -0.2) is 0 Å². The fourth-order valence-electron chi connectivity index (χ4n) is 2.90. The van der Waals surface area contributed by atoms with Crippen LogP contribution in [0.1, 0.15) is 49.4 Å². The highest BCUT2D eigenvalue weighted by Gasteiger charge is 2.24. The summed E-state index contributed by atoms with van der Waals surface area (Å²) in [5.74, 6) is 1.43. The maximum absolute atomic E-state index is 12.1. The summed E-state index contributed by atoms with van der Waals surface area (Å²) in [4.78, 5) is 12.1. The summed E-state index contributed by atoms with van der Waals surface area (Å²) in [5, 5.41) is 0. The Kier molecular flexibility index (Phi) is 5.60. The summed E-state index contributed by atoms with van der Waals surface area (Å²) in [6.45, 7) is 2.39. The van der Waals surface area contributed by atoms with Gasteiger partial charge in [0, 0.05) is 5.56 Å². The van der Waals surface area contributed by atoms with E-state index < -0.39 is 0 Å². The lowest BCUT2D eigenvalue weighted by Crippen LogP contribution is -2.29. The molecule has 110 valence electrons. The maximum atomic E-state index is 12.1. The number of ether oxygens (including phenoxy) is 2. The van der Waals surface area contributed by atoms with Crippen LogP contribution >= 0.6 is 0 Å². The van der Waals surface area contributed by atoms with Gasteiger partial charge in [-0.05, 0) is 43.0 Å². The minimum absolute atomic E-state index is 0.0491. The highest BCUT2D eigenvalue weighted by molar-refractivity contribution is 5.97. The normalized spacial score (nSPS) is 22.5. The third-order valence-electron chi connectivity index (χ3n) is 4.20. The first kappa shape index (κ1) is 15.0. The standard InChI is InChI=1S/C17H24O3/c1-3-13-6-4-5-7-17(13)20-12-16(18)14-8-10-15(19-2)11-9-14/h8-11,13,17H,3-7,12H2,1-2H3. The summed E-state index contributed by atoms with van der Waals surface area (Å²) in [6.07, 6.45) is 6.24. The molecule has 0 aliphatic heterocycles. The molecule has 1 saturated carbocycles. The second-order valence-corrected chi connectivity index (χ2v) is 5.45. The molecule has 1 aliphatic rings. The van der Waals surface area contributed by atoms with E-state index in [9.17, 15) is 4.79 Å². The number of ketones is 1. The first-order chi connectivity index (χ1) is 9.74. The molecule has 0 aromatic heterocycles. The molecule has 2 unspecified atom stereocenters. The van der Waals surface area contributed by atoms with Crippen LogP contribution in [0, 0.1) is 5.92 Å². The largest absolute Gasteiger partial charge is 0.497 e. The summed E-state index contributed by atoms with van der Waals surface area (Å²) in [5.41, 5.74) is 0.689. The number of Topliss-reactive ketones (excluding diaryl/α,β-unsaturated/α-hetero) is 1. The number of carbonyl (C=O) groups is 1. The zero-order valence-electron chi connectivity index (χ0n) is 12.4. The molecule has 0 N–H and O–H groups in total. The van der Waals surface area contributed by atoms with Gasteiger partial charge in [-0.15, -0.1) is 0 Å². The first-order valence-corrected chi connectivity index (χ1v) is 7.53. The van der Waals surface area contributed by atoms with Crippen molar-refractivity contribution in [3.8, 4) is 5.75 Å². The number of benzene rings is 1. The molecule has 20 heavy (non-hydrogen) atoms. The quantitative estimate of drug-likeness (QED) is 0.740. The molecule has 2 rings (SSSR count). The van der Waals surface area contributed by atoms with E-state index in [-0.39, 0.29) is 18.5 Å². The molecular formula is C17H24O3. The average Bonchev–Trinajstić information content (AvgIpc) is 2.53. The molecule has 0 saturated heterocycles. The molecule has 3 heteroatoms.